The second-order valence-corrected chi connectivity index (χ2v) is 7.76. The van der Waals surface area contributed by atoms with Crippen LogP contribution in [0.25, 0.3) is 0 Å². The van der Waals surface area contributed by atoms with E-state index >= 15 is 0 Å². The van der Waals surface area contributed by atoms with Gasteiger partial charge in [0.1, 0.15) is 10.7 Å². The highest BCUT2D eigenvalue weighted by atomic mass is 32.2. The lowest BCUT2D eigenvalue weighted by Gasteiger charge is -2.22. The number of sulfonamides is 1. The summed E-state index contributed by atoms with van der Waals surface area (Å²) >= 11 is 0. The number of hydrogen-bond donors (Lipinski definition) is 3. The summed E-state index contributed by atoms with van der Waals surface area (Å²) in [5, 5.41) is 5.83. The molecular weight excluding hydrogens is 321 g/mol. The second-order valence-electron chi connectivity index (χ2n) is 6.07. The number of amides is 1. The minimum absolute atomic E-state index is 0.106. The summed E-state index contributed by atoms with van der Waals surface area (Å²) in [5.74, 6) is -1.16. The van der Waals surface area contributed by atoms with Crippen LogP contribution in [0.5, 0.6) is 0 Å². The molecule has 1 aliphatic carbocycles. The molecule has 1 saturated carbocycles. The molecule has 8 heteroatoms. The predicted molar refractivity (Wildman–Crippen MR) is 84.0 cm³/mol. The molecule has 1 heterocycles. The maximum absolute atomic E-state index is 13.9. The van der Waals surface area contributed by atoms with Crippen LogP contribution in [0.4, 0.5) is 10.1 Å². The molecule has 1 aromatic carbocycles. The van der Waals surface area contributed by atoms with Crippen molar-refractivity contribution in [3.05, 3.63) is 24.0 Å². The van der Waals surface area contributed by atoms with E-state index in [0.29, 0.717) is 6.54 Å². The van der Waals surface area contributed by atoms with E-state index in [1.165, 1.54) is 12.1 Å². The minimum atomic E-state index is -3.90. The Kier molecular flexibility index (Phi) is 4.65. The fourth-order valence-corrected chi connectivity index (χ4v) is 4.00. The predicted octanol–water partition coefficient (Wildman–Crippen LogP) is 1.20. The molecule has 1 amide bonds. The third-order valence-electron chi connectivity index (χ3n) is 4.06. The molecule has 1 aromatic rings. The van der Waals surface area contributed by atoms with Crippen molar-refractivity contribution in [1.82, 2.24) is 10.0 Å². The third kappa shape index (κ3) is 4.07. The first-order valence-corrected chi connectivity index (χ1v) is 9.27. The molecule has 2 fully saturated rings. The van der Waals surface area contributed by atoms with Crippen molar-refractivity contribution in [1.29, 1.82) is 0 Å². The molecule has 3 rings (SSSR count). The Morgan fingerprint density at radius 3 is 2.70 bits per heavy atom. The van der Waals surface area contributed by atoms with Gasteiger partial charge in [-0.3, -0.25) is 4.79 Å². The van der Waals surface area contributed by atoms with Crippen molar-refractivity contribution in [2.24, 2.45) is 5.92 Å². The minimum Gasteiger partial charge on any atom is -0.326 e. The number of carbonyl (C=O) groups excluding carboxylic acids is 1. The number of anilines is 1. The van der Waals surface area contributed by atoms with Crippen LogP contribution in [0.1, 0.15) is 25.7 Å². The van der Waals surface area contributed by atoms with Crippen LogP contribution in [-0.2, 0) is 14.8 Å². The summed E-state index contributed by atoms with van der Waals surface area (Å²) in [6, 6.07) is 3.51. The van der Waals surface area contributed by atoms with Gasteiger partial charge in [-0.1, -0.05) is 0 Å². The Morgan fingerprint density at radius 1 is 1.26 bits per heavy atom. The normalized spacial score (nSPS) is 21.9. The SMILES string of the molecule is O=C(Nc1ccc(F)c(S(=O)(=O)NC2CC2)c1)C1CCCNC1. The van der Waals surface area contributed by atoms with E-state index < -0.39 is 20.7 Å². The molecule has 6 nitrogen and oxygen atoms in total. The average molecular weight is 341 g/mol. The molecule has 23 heavy (non-hydrogen) atoms. The highest BCUT2D eigenvalue weighted by molar-refractivity contribution is 7.89. The molecule has 2 aliphatic rings. The van der Waals surface area contributed by atoms with Gasteiger partial charge in [0, 0.05) is 18.3 Å². The van der Waals surface area contributed by atoms with E-state index in [2.05, 4.69) is 15.4 Å². The molecule has 0 aromatic heterocycles. The van der Waals surface area contributed by atoms with Crippen molar-refractivity contribution in [3.63, 3.8) is 0 Å². The van der Waals surface area contributed by atoms with Crippen LogP contribution in [0.15, 0.2) is 23.1 Å². The first-order valence-electron chi connectivity index (χ1n) is 7.79. The van der Waals surface area contributed by atoms with Gasteiger partial charge >= 0.3 is 0 Å². The van der Waals surface area contributed by atoms with Crippen LogP contribution in [0, 0.1) is 11.7 Å². The number of nitrogens with one attached hydrogen (secondary N) is 3. The van der Waals surface area contributed by atoms with Gasteiger partial charge in [0.15, 0.2) is 0 Å². The molecule has 3 N–H and O–H groups in total. The zero-order valence-electron chi connectivity index (χ0n) is 12.6. The zero-order chi connectivity index (χ0) is 16.4. The smallest absolute Gasteiger partial charge is 0.243 e. The van der Waals surface area contributed by atoms with Crippen LogP contribution in [-0.4, -0.2) is 33.5 Å². The quantitative estimate of drug-likeness (QED) is 0.751. The van der Waals surface area contributed by atoms with Gasteiger partial charge in [0.25, 0.3) is 0 Å². The lowest BCUT2D eigenvalue weighted by molar-refractivity contribution is -0.120. The molecule has 0 spiro atoms. The van der Waals surface area contributed by atoms with E-state index in [0.717, 1.165) is 38.3 Å². The van der Waals surface area contributed by atoms with E-state index in [4.69, 9.17) is 0 Å². The number of hydrogen-bond acceptors (Lipinski definition) is 4. The molecule has 1 atom stereocenters. The van der Waals surface area contributed by atoms with Gasteiger partial charge < -0.3 is 10.6 Å². The standard InChI is InChI=1S/C15H20FN3O3S/c16-13-6-5-12(18-15(20)10-2-1-7-17-9-10)8-14(13)23(21,22)19-11-3-4-11/h5-6,8,10-11,17,19H,1-4,7,9H2,(H,18,20). The highest BCUT2D eigenvalue weighted by Gasteiger charge is 2.30. The zero-order valence-corrected chi connectivity index (χ0v) is 13.5. The average Bonchev–Trinajstić information content (AvgIpc) is 3.33. The van der Waals surface area contributed by atoms with Gasteiger partial charge in [-0.05, 0) is 50.4 Å². The Balaban J connectivity index is 1.75. The molecule has 1 unspecified atom stereocenters. The first kappa shape index (κ1) is 16.4. The van der Waals surface area contributed by atoms with Crippen LogP contribution < -0.4 is 15.4 Å². The monoisotopic (exact) mass is 341 g/mol. The molecule has 1 aliphatic heterocycles. The van der Waals surface area contributed by atoms with Gasteiger partial charge in [0.05, 0.1) is 5.92 Å². The second kappa shape index (κ2) is 6.54. The van der Waals surface area contributed by atoms with Crippen LogP contribution in [0.2, 0.25) is 0 Å². The van der Waals surface area contributed by atoms with Gasteiger partial charge in [-0.25, -0.2) is 17.5 Å². The Labute approximate surface area is 134 Å². The van der Waals surface area contributed by atoms with Crippen LogP contribution >= 0.6 is 0 Å². The van der Waals surface area contributed by atoms with Crippen molar-refractivity contribution in [2.45, 2.75) is 36.6 Å². The molecule has 0 radical (unpaired) electrons. The van der Waals surface area contributed by atoms with Crippen molar-refractivity contribution >= 4 is 21.6 Å². The van der Waals surface area contributed by atoms with Gasteiger partial charge in [0.2, 0.25) is 15.9 Å². The summed E-state index contributed by atoms with van der Waals surface area (Å²) in [6.45, 7) is 1.50. The first-order chi connectivity index (χ1) is 11.0. The molecular formula is C15H20FN3O3S. The van der Waals surface area contributed by atoms with E-state index in [1.54, 1.807) is 0 Å². The molecule has 126 valence electrons. The fraction of sp³-hybridized carbons (Fsp3) is 0.533. The summed E-state index contributed by atoms with van der Waals surface area (Å²) in [7, 11) is -3.90. The summed E-state index contributed by atoms with van der Waals surface area (Å²) in [4.78, 5) is 11.8. The fourth-order valence-electron chi connectivity index (χ4n) is 2.59. The third-order valence-corrected chi connectivity index (χ3v) is 5.59. The highest BCUT2D eigenvalue weighted by Crippen LogP contribution is 2.25. The number of carbonyl (C=O) groups is 1. The number of piperidine rings is 1. The maximum Gasteiger partial charge on any atom is 0.243 e. The lowest BCUT2D eigenvalue weighted by atomic mass is 9.99. The summed E-state index contributed by atoms with van der Waals surface area (Å²) < 4.78 is 40.7. The summed E-state index contributed by atoms with van der Waals surface area (Å²) in [6.07, 6.45) is 3.25. The number of halogens is 1. The van der Waals surface area contributed by atoms with Crippen molar-refractivity contribution in [2.75, 3.05) is 18.4 Å². The van der Waals surface area contributed by atoms with E-state index in [9.17, 15) is 17.6 Å². The summed E-state index contributed by atoms with van der Waals surface area (Å²) in [5.41, 5.74) is 0.290. The van der Waals surface area contributed by atoms with Gasteiger partial charge in [-0.15, -0.1) is 0 Å². The largest absolute Gasteiger partial charge is 0.326 e. The maximum atomic E-state index is 13.9. The molecule has 1 saturated heterocycles. The van der Waals surface area contributed by atoms with Gasteiger partial charge in [-0.2, -0.15) is 0 Å². The van der Waals surface area contributed by atoms with Crippen LogP contribution in [0.3, 0.4) is 0 Å². The Hall–Kier alpha value is -1.51. The number of rotatable bonds is 5. The van der Waals surface area contributed by atoms with Crippen molar-refractivity contribution < 1.29 is 17.6 Å². The van der Waals surface area contributed by atoms with E-state index in [1.807, 2.05) is 0 Å². The Morgan fingerprint density at radius 2 is 2.04 bits per heavy atom. The van der Waals surface area contributed by atoms with E-state index in [-0.39, 0.29) is 23.6 Å². The Bertz CT molecular complexity index is 698. The molecule has 0 bridgehead atoms. The topological polar surface area (TPSA) is 87.3 Å². The lowest BCUT2D eigenvalue weighted by Crippen LogP contribution is -2.37. The number of benzene rings is 1. The van der Waals surface area contributed by atoms with Crippen molar-refractivity contribution in [3.8, 4) is 0 Å².